The lowest BCUT2D eigenvalue weighted by molar-refractivity contribution is -0.137. The van der Waals surface area contributed by atoms with Crippen molar-refractivity contribution in [3.63, 3.8) is 0 Å². The van der Waals surface area contributed by atoms with Crippen LogP contribution in [-0.2, 0) is 6.18 Å². The summed E-state index contributed by atoms with van der Waals surface area (Å²) in [6, 6.07) is 3.61. The molecular weight excluding hydrogens is 301 g/mol. The quantitative estimate of drug-likeness (QED) is 0.846. The first-order valence-corrected chi connectivity index (χ1v) is 6.67. The molecule has 0 saturated carbocycles. The predicted octanol–water partition coefficient (Wildman–Crippen LogP) is 3.06. The third kappa shape index (κ3) is 4.57. The minimum absolute atomic E-state index is 0.136. The van der Waals surface area contributed by atoms with E-state index in [4.69, 9.17) is 10.5 Å². The summed E-state index contributed by atoms with van der Waals surface area (Å²) in [5.41, 5.74) is 3.95. The lowest BCUT2D eigenvalue weighted by atomic mass is 10.1. The SMILES string of the molecule is CN(C)C(C)(C)COc1ccc(C(N)=S)c(C(F)(F)F)c1. The van der Waals surface area contributed by atoms with Crippen LogP contribution in [0.4, 0.5) is 13.2 Å². The molecule has 0 aliphatic carbocycles. The maximum Gasteiger partial charge on any atom is 0.417 e. The van der Waals surface area contributed by atoms with Crippen molar-refractivity contribution in [1.82, 2.24) is 4.90 Å². The van der Waals surface area contributed by atoms with Crippen molar-refractivity contribution >= 4 is 17.2 Å². The van der Waals surface area contributed by atoms with Gasteiger partial charge in [-0.1, -0.05) is 12.2 Å². The molecule has 0 radical (unpaired) electrons. The fourth-order valence-electron chi connectivity index (χ4n) is 1.45. The van der Waals surface area contributed by atoms with Crippen LogP contribution in [0.5, 0.6) is 5.75 Å². The summed E-state index contributed by atoms with van der Waals surface area (Å²) >= 11 is 4.65. The van der Waals surface area contributed by atoms with Gasteiger partial charge >= 0.3 is 6.18 Å². The fourth-order valence-corrected chi connectivity index (χ4v) is 1.63. The third-order valence-corrected chi connectivity index (χ3v) is 3.58. The van der Waals surface area contributed by atoms with Gasteiger partial charge in [0.15, 0.2) is 0 Å². The van der Waals surface area contributed by atoms with E-state index in [-0.39, 0.29) is 28.4 Å². The molecule has 0 atom stereocenters. The highest BCUT2D eigenvalue weighted by Gasteiger charge is 2.34. The Morgan fingerprint density at radius 2 is 1.86 bits per heavy atom. The molecule has 1 aromatic rings. The maximum absolute atomic E-state index is 13.0. The van der Waals surface area contributed by atoms with Crippen LogP contribution >= 0.6 is 12.2 Å². The standard InChI is InChI=1S/C14H19F3N2OS/c1-13(2,19(3)4)8-20-9-5-6-10(12(18)21)11(7-9)14(15,16)17/h5-7H,8H2,1-4H3,(H2,18,21). The minimum Gasteiger partial charge on any atom is -0.492 e. The predicted molar refractivity (Wildman–Crippen MR) is 80.6 cm³/mol. The summed E-state index contributed by atoms with van der Waals surface area (Å²) in [5, 5.41) is 0. The Hall–Kier alpha value is -1.34. The van der Waals surface area contributed by atoms with Crippen molar-refractivity contribution in [2.45, 2.75) is 25.6 Å². The van der Waals surface area contributed by atoms with Gasteiger partial charge in [0.1, 0.15) is 17.3 Å². The Morgan fingerprint density at radius 1 is 1.29 bits per heavy atom. The topological polar surface area (TPSA) is 38.5 Å². The number of nitrogens with two attached hydrogens (primary N) is 1. The van der Waals surface area contributed by atoms with Gasteiger partial charge < -0.3 is 15.4 Å². The maximum atomic E-state index is 13.0. The first kappa shape index (κ1) is 17.7. The van der Waals surface area contributed by atoms with Gasteiger partial charge in [-0.15, -0.1) is 0 Å². The molecule has 0 aromatic heterocycles. The van der Waals surface area contributed by atoms with Crippen LogP contribution in [-0.4, -0.2) is 36.1 Å². The summed E-state index contributed by atoms with van der Waals surface area (Å²) in [4.78, 5) is 1.64. The second kappa shape index (κ2) is 6.19. The Labute approximate surface area is 127 Å². The molecule has 2 N–H and O–H groups in total. The van der Waals surface area contributed by atoms with Gasteiger partial charge in [-0.3, -0.25) is 0 Å². The Bertz CT molecular complexity index is 527. The van der Waals surface area contributed by atoms with Gasteiger partial charge in [0.2, 0.25) is 0 Å². The second-order valence-corrected chi connectivity index (χ2v) is 6.00. The van der Waals surface area contributed by atoms with Gasteiger partial charge in [0.05, 0.1) is 5.56 Å². The van der Waals surface area contributed by atoms with E-state index in [2.05, 4.69) is 12.2 Å². The Morgan fingerprint density at radius 3 is 2.29 bits per heavy atom. The number of benzene rings is 1. The largest absolute Gasteiger partial charge is 0.492 e. The van der Waals surface area contributed by atoms with Gasteiger partial charge in [-0.05, 0) is 46.1 Å². The van der Waals surface area contributed by atoms with E-state index in [1.165, 1.54) is 12.1 Å². The van der Waals surface area contributed by atoms with Crippen LogP contribution in [0.2, 0.25) is 0 Å². The first-order chi connectivity index (χ1) is 9.45. The minimum atomic E-state index is -4.53. The molecule has 0 aliphatic heterocycles. The summed E-state index contributed by atoms with van der Waals surface area (Å²) in [6.07, 6.45) is -4.53. The number of hydrogen-bond acceptors (Lipinski definition) is 3. The van der Waals surface area contributed by atoms with E-state index in [0.717, 1.165) is 6.07 Å². The lowest BCUT2D eigenvalue weighted by Crippen LogP contribution is -2.43. The van der Waals surface area contributed by atoms with Crippen molar-refractivity contribution in [2.24, 2.45) is 5.73 Å². The number of nitrogens with zero attached hydrogens (tertiary/aromatic N) is 1. The molecule has 21 heavy (non-hydrogen) atoms. The molecule has 0 heterocycles. The lowest BCUT2D eigenvalue weighted by Gasteiger charge is -2.32. The Balaban J connectivity index is 3.04. The van der Waals surface area contributed by atoms with Gasteiger partial charge in [0, 0.05) is 11.1 Å². The highest BCUT2D eigenvalue weighted by molar-refractivity contribution is 7.80. The van der Waals surface area contributed by atoms with E-state index in [9.17, 15) is 13.2 Å². The van der Waals surface area contributed by atoms with E-state index in [1.54, 1.807) is 0 Å². The third-order valence-electron chi connectivity index (χ3n) is 3.36. The van der Waals surface area contributed by atoms with E-state index in [0.29, 0.717) is 0 Å². The van der Waals surface area contributed by atoms with Crippen molar-refractivity contribution in [1.29, 1.82) is 0 Å². The van der Waals surface area contributed by atoms with Crippen LogP contribution < -0.4 is 10.5 Å². The number of halogens is 3. The molecule has 1 aromatic carbocycles. The molecular formula is C14H19F3N2OS. The van der Waals surface area contributed by atoms with Gasteiger partial charge in [-0.25, -0.2) is 0 Å². The molecule has 0 aliphatic rings. The summed E-state index contributed by atoms with van der Waals surface area (Å²) in [7, 11) is 3.75. The van der Waals surface area contributed by atoms with Crippen LogP contribution in [0.15, 0.2) is 18.2 Å². The second-order valence-electron chi connectivity index (χ2n) is 5.56. The highest BCUT2D eigenvalue weighted by Crippen LogP contribution is 2.34. The smallest absolute Gasteiger partial charge is 0.417 e. The number of ether oxygens (including phenoxy) is 1. The van der Waals surface area contributed by atoms with Crippen LogP contribution in [0, 0.1) is 0 Å². The van der Waals surface area contributed by atoms with Crippen molar-refractivity contribution in [3.05, 3.63) is 29.3 Å². The van der Waals surface area contributed by atoms with E-state index in [1.807, 2.05) is 32.8 Å². The molecule has 0 amide bonds. The molecule has 7 heteroatoms. The van der Waals surface area contributed by atoms with Crippen molar-refractivity contribution in [2.75, 3.05) is 20.7 Å². The summed E-state index contributed by atoms with van der Waals surface area (Å²) < 4.78 is 44.5. The average molecular weight is 320 g/mol. The van der Waals surface area contributed by atoms with Crippen LogP contribution in [0.3, 0.4) is 0 Å². The molecule has 1 rings (SSSR count). The number of rotatable bonds is 5. The molecule has 118 valence electrons. The zero-order chi connectivity index (χ0) is 16.4. The van der Waals surface area contributed by atoms with Crippen LogP contribution in [0.25, 0.3) is 0 Å². The Kier molecular flexibility index (Phi) is 5.22. The summed E-state index contributed by atoms with van der Waals surface area (Å²) in [5.74, 6) is 0.136. The van der Waals surface area contributed by atoms with Gasteiger partial charge in [0.25, 0.3) is 0 Å². The van der Waals surface area contributed by atoms with Crippen LogP contribution in [0.1, 0.15) is 25.0 Å². The molecule has 0 spiro atoms. The molecule has 0 unspecified atom stereocenters. The average Bonchev–Trinajstić information content (AvgIpc) is 2.34. The number of thiocarbonyl (C=S) groups is 1. The molecule has 0 saturated heterocycles. The first-order valence-electron chi connectivity index (χ1n) is 6.26. The zero-order valence-electron chi connectivity index (χ0n) is 12.4. The number of hydrogen-bond donors (Lipinski definition) is 1. The van der Waals surface area contributed by atoms with E-state index >= 15 is 0 Å². The highest BCUT2D eigenvalue weighted by atomic mass is 32.1. The van der Waals surface area contributed by atoms with Gasteiger partial charge in [-0.2, -0.15) is 13.2 Å². The van der Waals surface area contributed by atoms with Crippen molar-refractivity contribution < 1.29 is 17.9 Å². The zero-order valence-corrected chi connectivity index (χ0v) is 13.2. The monoisotopic (exact) mass is 320 g/mol. The molecule has 3 nitrogen and oxygen atoms in total. The fraction of sp³-hybridized carbons (Fsp3) is 0.500. The summed E-state index contributed by atoms with van der Waals surface area (Å²) in [6.45, 7) is 4.12. The number of alkyl halides is 3. The number of likely N-dealkylation sites (N-methyl/N-ethyl adjacent to an activating group) is 1. The molecule has 0 bridgehead atoms. The van der Waals surface area contributed by atoms with Crippen molar-refractivity contribution in [3.8, 4) is 5.75 Å². The normalized spacial score (nSPS) is 12.6. The van der Waals surface area contributed by atoms with E-state index < -0.39 is 11.7 Å². The molecule has 0 fully saturated rings.